The van der Waals surface area contributed by atoms with Crippen molar-refractivity contribution in [3.05, 3.63) is 149 Å². The molecule has 13 nitrogen and oxygen atoms in total. The third-order valence-electron chi connectivity index (χ3n) is 9.67. The Morgan fingerprint density at radius 1 is 0.712 bits per heavy atom. The van der Waals surface area contributed by atoms with Gasteiger partial charge in [-0.2, -0.15) is 0 Å². The Morgan fingerprint density at radius 2 is 1.31 bits per heavy atom. The molecule has 0 aliphatic heterocycles. The summed E-state index contributed by atoms with van der Waals surface area (Å²) in [5.74, 6) is -0.940. The molecule has 1 aromatic heterocycles. The van der Waals surface area contributed by atoms with Crippen LogP contribution in [0.15, 0.2) is 114 Å². The van der Waals surface area contributed by atoms with Gasteiger partial charge >= 0.3 is 24.2 Å². The van der Waals surface area contributed by atoms with E-state index < -0.39 is 41.9 Å². The number of unbranched alkanes of at least 4 members (excludes halogenated alkanes) is 1. The van der Waals surface area contributed by atoms with Crippen LogP contribution in [0.4, 0.5) is 14.4 Å². The van der Waals surface area contributed by atoms with Gasteiger partial charge in [-0.05, 0) is 73.4 Å². The number of ether oxygens (including phenoxy) is 4. The zero-order valence-electron chi connectivity index (χ0n) is 33.7. The van der Waals surface area contributed by atoms with Crippen LogP contribution in [0.5, 0.6) is 0 Å². The van der Waals surface area contributed by atoms with Gasteiger partial charge in [-0.3, -0.25) is 0 Å². The average Bonchev–Trinajstić information content (AvgIpc) is 3.81. The van der Waals surface area contributed by atoms with E-state index in [-0.39, 0.29) is 55.9 Å². The fourth-order valence-electron chi connectivity index (χ4n) is 6.97. The number of nitrogens with one attached hydrogen (secondary N) is 3. The lowest BCUT2D eigenvalue weighted by atomic mass is 9.98. The molecule has 3 N–H and O–H groups in total. The van der Waals surface area contributed by atoms with E-state index in [4.69, 9.17) is 23.4 Å². The molecular formula is C46H50N4O9. The maximum atomic E-state index is 13.7. The topological polar surface area (TPSA) is 167 Å². The minimum absolute atomic E-state index is 0.0114. The molecule has 0 spiro atoms. The Morgan fingerprint density at radius 3 is 1.93 bits per heavy atom. The molecule has 1 aliphatic rings. The van der Waals surface area contributed by atoms with Gasteiger partial charge in [0.05, 0.1) is 13.2 Å². The molecule has 1 unspecified atom stereocenters. The van der Waals surface area contributed by atoms with E-state index in [0.717, 1.165) is 33.4 Å². The minimum Gasteiger partial charge on any atom is -0.464 e. The number of fused-ring (bicyclic) bond motifs is 3. The number of methoxy groups -OCH3 is 1. The Hall–Kier alpha value is -6.63. The number of hydrogen-bond donors (Lipinski definition) is 3. The second-order valence-electron chi connectivity index (χ2n) is 15.2. The fraction of sp³-hybridized carbons (Fsp3) is 0.326. The van der Waals surface area contributed by atoms with Crippen LogP contribution in [-0.4, -0.2) is 55.1 Å². The zero-order valence-corrected chi connectivity index (χ0v) is 33.7. The molecule has 1 aliphatic carbocycles. The summed E-state index contributed by atoms with van der Waals surface area (Å²) in [6.45, 7) is 5.74. The first-order valence-electron chi connectivity index (χ1n) is 19.7. The van der Waals surface area contributed by atoms with E-state index in [1.807, 2.05) is 97.1 Å². The van der Waals surface area contributed by atoms with Gasteiger partial charge < -0.3 is 39.3 Å². The fourth-order valence-corrected chi connectivity index (χ4v) is 6.97. The lowest BCUT2D eigenvalue weighted by Gasteiger charge is -2.22. The molecular weight excluding hydrogens is 753 g/mol. The number of amides is 3. The van der Waals surface area contributed by atoms with Crippen molar-refractivity contribution < 1.29 is 42.5 Å². The maximum Gasteiger partial charge on any atom is 0.408 e. The summed E-state index contributed by atoms with van der Waals surface area (Å²) < 4.78 is 28.3. The molecule has 0 saturated carbocycles. The predicted molar refractivity (Wildman–Crippen MR) is 220 cm³/mol. The number of nitrogens with zero attached hydrogens (tertiary/aromatic N) is 1. The summed E-state index contributed by atoms with van der Waals surface area (Å²) in [7, 11) is 1.22. The lowest BCUT2D eigenvalue weighted by Crippen LogP contribution is -2.36. The van der Waals surface area contributed by atoms with E-state index in [1.165, 1.54) is 7.11 Å². The highest BCUT2D eigenvalue weighted by molar-refractivity contribution is 5.88. The Balaban J connectivity index is 1.22. The number of aromatic nitrogens is 1. The van der Waals surface area contributed by atoms with E-state index >= 15 is 0 Å². The molecule has 0 bridgehead atoms. The quantitative estimate of drug-likeness (QED) is 0.0498. The molecule has 6 rings (SSSR count). The average molecular weight is 803 g/mol. The summed E-state index contributed by atoms with van der Waals surface area (Å²) in [6.07, 6.45) is -0.537. The summed E-state index contributed by atoms with van der Waals surface area (Å²) in [5, 5.41) is 8.51. The smallest absolute Gasteiger partial charge is 0.408 e. The van der Waals surface area contributed by atoms with E-state index in [9.17, 15) is 19.2 Å². The van der Waals surface area contributed by atoms with Crippen LogP contribution < -0.4 is 16.0 Å². The van der Waals surface area contributed by atoms with Crippen molar-refractivity contribution in [1.82, 2.24) is 20.9 Å². The van der Waals surface area contributed by atoms with Gasteiger partial charge in [-0.25, -0.2) is 24.2 Å². The number of carbonyl (C=O) groups excluding carboxylic acids is 4. The molecule has 2 atom stereocenters. The van der Waals surface area contributed by atoms with Crippen LogP contribution >= 0.6 is 0 Å². The Bertz CT molecular complexity index is 2160. The van der Waals surface area contributed by atoms with Crippen LogP contribution in [-0.2, 0) is 32.0 Å². The maximum absolute atomic E-state index is 13.7. The molecule has 0 fully saturated rings. The number of hydrogen-bond acceptors (Lipinski definition) is 10. The van der Waals surface area contributed by atoms with Gasteiger partial charge in [0, 0.05) is 18.9 Å². The summed E-state index contributed by atoms with van der Waals surface area (Å²) >= 11 is 0. The lowest BCUT2D eigenvalue weighted by molar-refractivity contribution is 0.0494. The third-order valence-corrected chi connectivity index (χ3v) is 9.67. The Labute approximate surface area is 343 Å². The summed E-state index contributed by atoms with van der Waals surface area (Å²) in [6, 6.07) is 33.0. The van der Waals surface area contributed by atoms with Crippen molar-refractivity contribution in [2.24, 2.45) is 0 Å². The second-order valence-corrected chi connectivity index (χ2v) is 15.2. The molecule has 0 radical (unpaired) electrons. The molecule has 0 saturated heterocycles. The SMILES string of the molecule is COC(=O)c1nc(C(Cc2ccccc2)NC(=O)OC(C)(C)C)oc1[C@H](CCCCNC(=O)OCc1ccccc1)NC(=O)OCC1c2ccccc2-c2ccccc21. The highest BCUT2D eigenvalue weighted by Crippen LogP contribution is 2.44. The third kappa shape index (κ3) is 11.5. The van der Waals surface area contributed by atoms with Crippen LogP contribution in [0.2, 0.25) is 0 Å². The van der Waals surface area contributed by atoms with Crippen molar-refractivity contribution in [2.45, 2.75) is 76.7 Å². The van der Waals surface area contributed by atoms with Gasteiger partial charge in [0.15, 0.2) is 11.5 Å². The van der Waals surface area contributed by atoms with Crippen LogP contribution in [0.3, 0.4) is 0 Å². The minimum atomic E-state index is -0.926. The van der Waals surface area contributed by atoms with Gasteiger partial charge in [0.2, 0.25) is 5.89 Å². The predicted octanol–water partition coefficient (Wildman–Crippen LogP) is 8.95. The number of oxazole rings is 1. The molecule has 308 valence electrons. The number of carbonyl (C=O) groups is 4. The van der Waals surface area contributed by atoms with Crippen LogP contribution in [0, 0.1) is 0 Å². The first kappa shape index (κ1) is 42.0. The van der Waals surface area contributed by atoms with Crippen molar-refractivity contribution >= 4 is 24.2 Å². The number of benzene rings is 4. The largest absolute Gasteiger partial charge is 0.464 e. The molecule has 3 amide bonds. The first-order valence-corrected chi connectivity index (χ1v) is 19.7. The number of rotatable bonds is 16. The van der Waals surface area contributed by atoms with E-state index in [1.54, 1.807) is 20.8 Å². The van der Waals surface area contributed by atoms with E-state index in [2.05, 4.69) is 33.1 Å². The molecule has 5 aromatic rings. The first-order chi connectivity index (χ1) is 28.5. The summed E-state index contributed by atoms with van der Waals surface area (Å²) in [4.78, 5) is 57.1. The highest BCUT2D eigenvalue weighted by atomic mass is 16.6. The Kier molecular flexibility index (Phi) is 14.0. The van der Waals surface area contributed by atoms with Crippen LogP contribution in [0.25, 0.3) is 11.1 Å². The zero-order chi connectivity index (χ0) is 41.8. The van der Waals surface area contributed by atoms with Crippen molar-refractivity contribution in [1.29, 1.82) is 0 Å². The number of alkyl carbamates (subject to hydrolysis) is 3. The highest BCUT2D eigenvalue weighted by Gasteiger charge is 2.34. The van der Waals surface area contributed by atoms with Gasteiger partial charge in [0.1, 0.15) is 24.9 Å². The standard InChI is InChI=1S/C46H50N4O9/c1-46(2,3)59-45(54)49-38(27-30-17-7-5-8-18-30)41-50-39(42(51)55-4)40(58-41)37(25-15-16-26-47-43(52)56-28-31-19-9-6-10-20-31)48-44(53)57-29-36-34-23-13-11-21-32(34)33-22-12-14-24-35(33)36/h5-14,17-24,36-38H,15-16,25-29H2,1-4H3,(H,47,52)(H,48,53)(H,49,54)/t37-,38?/m0/s1. The normalized spacial score (nSPS) is 12.9. The molecule has 59 heavy (non-hydrogen) atoms. The van der Waals surface area contributed by atoms with Gasteiger partial charge in [0.25, 0.3) is 0 Å². The van der Waals surface area contributed by atoms with Crippen molar-refractivity contribution in [2.75, 3.05) is 20.3 Å². The number of esters is 1. The monoisotopic (exact) mass is 802 g/mol. The second kappa shape index (κ2) is 19.7. The van der Waals surface area contributed by atoms with Crippen molar-refractivity contribution in [3.63, 3.8) is 0 Å². The molecule has 13 heteroatoms. The van der Waals surface area contributed by atoms with E-state index in [0.29, 0.717) is 12.8 Å². The van der Waals surface area contributed by atoms with Gasteiger partial charge in [-0.15, -0.1) is 0 Å². The van der Waals surface area contributed by atoms with Crippen LogP contribution in [0.1, 0.15) is 102 Å². The van der Waals surface area contributed by atoms with Crippen molar-refractivity contribution in [3.8, 4) is 11.1 Å². The molecule has 1 heterocycles. The molecule has 4 aromatic carbocycles. The van der Waals surface area contributed by atoms with Gasteiger partial charge in [-0.1, -0.05) is 109 Å². The summed E-state index contributed by atoms with van der Waals surface area (Å²) in [5.41, 5.74) is 5.07.